The topological polar surface area (TPSA) is 104 Å². The van der Waals surface area contributed by atoms with Crippen LogP contribution in [-0.4, -0.2) is 42.3 Å². The first-order valence-electron chi connectivity index (χ1n) is 10.7. The second-order valence-electron chi connectivity index (χ2n) is 7.95. The van der Waals surface area contributed by atoms with Gasteiger partial charge in [0.15, 0.2) is 4.77 Å². The molecule has 0 saturated carbocycles. The van der Waals surface area contributed by atoms with Gasteiger partial charge in [0.25, 0.3) is 5.56 Å². The van der Waals surface area contributed by atoms with E-state index in [2.05, 4.69) is 10.3 Å². The number of nitrogens with one attached hydrogen (secondary N) is 2. The van der Waals surface area contributed by atoms with Gasteiger partial charge in [-0.3, -0.25) is 14.2 Å². The molecular weight excluding hydrogens is 460 g/mol. The SMILES string of the molecule is CN(C)S(=O)(=O)c1ccc(CNC(=O)CCCCCn2c(=S)[nH]c3ccccc3c2=O)cc1. The molecule has 0 radical (unpaired) electrons. The van der Waals surface area contributed by atoms with Crippen molar-refractivity contribution in [3.63, 3.8) is 0 Å². The molecule has 2 aromatic carbocycles. The van der Waals surface area contributed by atoms with Crippen molar-refractivity contribution in [2.24, 2.45) is 0 Å². The van der Waals surface area contributed by atoms with E-state index in [1.165, 1.54) is 26.2 Å². The number of nitrogens with zero attached hydrogens (tertiary/aromatic N) is 2. The van der Waals surface area contributed by atoms with Crippen molar-refractivity contribution in [2.75, 3.05) is 14.1 Å². The summed E-state index contributed by atoms with van der Waals surface area (Å²) in [6.45, 7) is 0.839. The first-order chi connectivity index (χ1) is 15.7. The standard InChI is InChI=1S/C23H28N4O4S2/c1-26(2)33(30,31)18-13-11-17(12-14-18)16-24-21(28)10-4-3-7-15-27-22(29)19-8-5-6-9-20(19)25-23(27)32/h5-6,8-9,11-14H,3-4,7,10,15-16H2,1-2H3,(H,24,28)(H,25,32). The van der Waals surface area contributed by atoms with E-state index < -0.39 is 10.0 Å². The number of hydrogen-bond donors (Lipinski definition) is 2. The van der Waals surface area contributed by atoms with Crippen molar-refractivity contribution in [3.05, 3.63) is 69.2 Å². The summed E-state index contributed by atoms with van der Waals surface area (Å²) < 4.78 is 27.3. The van der Waals surface area contributed by atoms with Gasteiger partial charge in [-0.25, -0.2) is 12.7 Å². The molecular formula is C23H28N4O4S2. The average molecular weight is 489 g/mol. The minimum absolute atomic E-state index is 0.0693. The normalized spacial score (nSPS) is 11.7. The lowest BCUT2D eigenvalue weighted by Gasteiger charge is -2.12. The fourth-order valence-electron chi connectivity index (χ4n) is 3.41. The third-order valence-corrected chi connectivity index (χ3v) is 7.52. The lowest BCUT2D eigenvalue weighted by atomic mass is 10.1. The van der Waals surface area contributed by atoms with Gasteiger partial charge in [-0.15, -0.1) is 0 Å². The molecule has 2 N–H and O–H groups in total. The monoisotopic (exact) mass is 488 g/mol. The summed E-state index contributed by atoms with van der Waals surface area (Å²) >= 11 is 5.32. The summed E-state index contributed by atoms with van der Waals surface area (Å²) in [6, 6.07) is 13.8. The molecule has 1 amide bonds. The minimum atomic E-state index is -3.46. The summed E-state index contributed by atoms with van der Waals surface area (Å²) in [6.07, 6.45) is 2.61. The van der Waals surface area contributed by atoms with Crippen LogP contribution in [0.1, 0.15) is 31.2 Å². The second-order valence-corrected chi connectivity index (χ2v) is 10.5. The highest BCUT2D eigenvalue weighted by Gasteiger charge is 2.16. The fraction of sp³-hybridized carbons (Fsp3) is 0.348. The van der Waals surface area contributed by atoms with E-state index in [0.29, 0.717) is 36.1 Å². The van der Waals surface area contributed by atoms with Gasteiger partial charge in [-0.05, 0) is 54.9 Å². The molecule has 0 unspecified atom stereocenters. The van der Waals surface area contributed by atoms with Gasteiger partial charge >= 0.3 is 0 Å². The van der Waals surface area contributed by atoms with Crippen LogP contribution in [0.25, 0.3) is 10.9 Å². The van der Waals surface area contributed by atoms with E-state index >= 15 is 0 Å². The maximum Gasteiger partial charge on any atom is 0.262 e. The third kappa shape index (κ3) is 6.16. The molecule has 33 heavy (non-hydrogen) atoms. The average Bonchev–Trinajstić information content (AvgIpc) is 2.79. The van der Waals surface area contributed by atoms with Crippen molar-refractivity contribution in [3.8, 4) is 0 Å². The predicted octanol–water partition coefficient (Wildman–Crippen LogP) is 3.19. The van der Waals surface area contributed by atoms with Crippen molar-refractivity contribution in [2.45, 2.75) is 43.7 Å². The largest absolute Gasteiger partial charge is 0.352 e. The molecule has 8 nitrogen and oxygen atoms in total. The van der Waals surface area contributed by atoms with Gasteiger partial charge in [-0.2, -0.15) is 0 Å². The molecule has 3 rings (SSSR count). The third-order valence-electron chi connectivity index (χ3n) is 5.37. The highest BCUT2D eigenvalue weighted by atomic mass is 32.2. The van der Waals surface area contributed by atoms with Crippen LogP contribution < -0.4 is 10.9 Å². The maximum atomic E-state index is 12.6. The molecule has 1 heterocycles. The van der Waals surface area contributed by atoms with Crippen molar-refractivity contribution in [1.29, 1.82) is 0 Å². The molecule has 0 fully saturated rings. The number of unbranched alkanes of at least 4 members (excludes halogenated alkanes) is 2. The summed E-state index contributed by atoms with van der Waals surface area (Å²) in [7, 11) is -0.495. The van der Waals surface area contributed by atoms with E-state index in [4.69, 9.17) is 12.2 Å². The number of aromatic amines is 1. The molecule has 0 bridgehead atoms. The van der Waals surface area contributed by atoms with Crippen LogP contribution in [0.15, 0.2) is 58.2 Å². The van der Waals surface area contributed by atoms with Crippen LogP contribution in [0.3, 0.4) is 0 Å². The second kappa shape index (κ2) is 10.9. The Morgan fingerprint density at radius 3 is 2.45 bits per heavy atom. The van der Waals surface area contributed by atoms with Gasteiger partial charge in [0.1, 0.15) is 0 Å². The van der Waals surface area contributed by atoms with Gasteiger partial charge in [0, 0.05) is 33.6 Å². The van der Waals surface area contributed by atoms with E-state index in [0.717, 1.165) is 28.2 Å². The Kier molecular flexibility index (Phi) is 8.17. The maximum absolute atomic E-state index is 12.6. The van der Waals surface area contributed by atoms with E-state index in [9.17, 15) is 18.0 Å². The molecule has 0 aliphatic carbocycles. The Hall–Kier alpha value is -2.82. The number of carbonyl (C=O) groups excluding carboxylic acids is 1. The van der Waals surface area contributed by atoms with Gasteiger partial charge in [0.2, 0.25) is 15.9 Å². The predicted molar refractivity (Wildman–Crippen MR) is 131 cm³/mol. The first kappa shape index (κ1) is 24.8. The zero-order chi connectivity index (χ0) is 24.0. The lowest BCUT2D eigenvalue weighted by molar-refractivity contribution is -0.121. The van der Waals surface area contributed by atoms with Crippen LogP contribution in [0.5, 0.6) is 0 Å². The van der Waals surface area contributed by atoms with Crippen LogP contribution in [-0.2, 0) is 27.9 Å². The molecule has 176 valence electrons. The Morgan fingerprint density at radius 1 is 1.06 bits per heavy atom. The summed E-state index contributed by atoms with van der Waals surface area (Å²) in [5.41, 5.74) is 1.46. The number of aromatic nitrogens is 2. The quantitative estimate of drug-likeness (QED) is 0.337. The molecule has 10 heteroatoms. The van der Waals surface area contributed by atoms with Crippen molar-refractivity contribution >= 4 is 39.1 Å². The van der Waals surface area contributed by atoms with Gasteiger partial charge in [0.05, 0.1) is 15.8 Å². The Bertz CT molecular complexity index is 1340. The molecule has 0 aliphatic heterocycles. The zero-order valence-electron chi connectivity index (χ0n) is 18.7. The molecule has 1 aromatic heterocycles. The number of sulfonamides is 1. The number of H-pyrrole nitrogens is 1. The van der Waals surface area contributed by atoms with E-state index in [-0.39, 0.29) is 16.4 Å². The number of rotatable bonds is 10. The van der Waals surface area contributed by atoms with Crippen molar-refractivity contribution < 1.29 is 13.2 Å². The highest BCUT2D eigenvalue weighted by Crippen LogP contribution is 2.14. The molecule has 0 aliphatic rings. The zero-order valence-corrected chi connectivity index (χ0v) is 20.3. The van der Waals surface area contributed by atoms with Crippen LogP contribution in [0, 0.1) is 4.77 Å². The van der Waals surface area contributed by atoms with Crippen LogP contribution in [0.2, 0.25) is 0 Å². The first-order valence-corrected chi connectivity index (χ1v) is 12.5. The minimum Gasteiger partial charge on any atom is -0.352 e. The Balaban J connectivity index is 1.42. The van der Waals surface area contributed by atoms with E-state index in [1.54, 1.807) is 22.8 Å². The smallest absolute Gasteiger partial charge is 0.262 e. The molecule has 0 spiro atoms. The molecule has 0 atom stereocenters. The Labute approximate surface area is 198 Å². The number of carbonyl (C=O) groups is 1. The number of benzene rings is 2. The van der Waals surface area contributed by atoms with Gasteiger partial charge < -0.3 is 10.3 Å². The summed E-state index contributed by atoms with van der Waals surface area (Å²) in [5.74, 6) is -0.0693. The number of para-hydroxylation sites is 1. The van der Waals surface area contributed by atoms with Crippen LogP contribution in [0.4, 0.5) is 0 Å². The number of fused-ring (bicyclic) bond motifs is 1. The van der Waals surface area contributed by atoms with Crippen molar-refractivity contribution in [1.82, 2.24) is 19.2 Å². The molecule has 3 aromatic rings. The Morgan fingerprint density at radius 2 is 1.76 bits per heavy atom. The highest BCUT2D eigenvalue weighted by molar-refractivity contribution is 7.89. The lowest BCUT2D eigenvalue weighted by Crippen LogP contribution is -2.23. The summed E-state index contributed by atoms with van der Waals surface area (Å²) in [5, 5.41) is 3.46. The van der Waals surface area contributed by atoms with E-state index in [1.807, 2.05) is 18.2 Å². The fourth-order valence-corrected chi connectivity index (χ4v) is 4.60. The number of amides is 1. The van der Waals surface area contributed by atoms with Gasteiger partial charge in [-0.1, -0.05) is 30.7 Å². The number of hydrogen-bond acceptors (Lipinski definition) is 5. The summed E-state index contributed by atoms with van der Waals surface area (Å²) in [4.78, 5) is 28.1. The van der Waals surface area contributed by atoms with Crippen LogP contribution >= 0.6 is 12.2 Å². The molecule has 0 saturated heterocycles.